The SMILES string of the molecule is COC(=O)C1CSC(c2ccccc2O)N1C(=O)C(C)CS. The lowest BCUT2D eigenvalue weighted by Gasteiger charge is -2.30. The number of ether oxygens (including phenoxy) is 1. The topological polar surface area (TPSA) is 66.8 Å². The van der Waals surface area contributed by atoms with Crippen LogP contribution in [0, 0.1) is 5.92 Å². The van der Waals surface area contributed by atoms with Crippen LogP contribution in [0.25, 0.3) is 0 Å². The van der Waals surface area contributed by atoms with Gasteiger partial charge in [0.2, 0.25) is 5.91 Å². The number of phenols is 1. The van der Waals surface area contributed by atoms with E-state index in [0.29, 0.717) is 17.1 Å². The van der Waals surface area contributed by atoms with E-state index in [0.717, 1.165) is 0 Å². The number of carbonyl (C=O) groups is 2. The molecule has 7 heteroatoms. The van der Waals surface area contributed by atoms with Crippen LogP contribution in [0.3, 0.4) is 0 Å². The first-order chi connectivity index (χ1) is 10.5. The molecule has 1 amide bonds. The predicted molar refractivity (Wildman–Crippen MR) is 89.0 cm³/mol. The Labute approximate surface area is 139 Å². The second-order valence-corrected chi connectivity index (χ2v) is 6.59. The zero-order chi connectivity index (χ0) is 16.3. The van der Waals surface area contributed by atoms with E-state index in [1.54, 1.807) is 31.2 Å². The largest absolute Gasteiger partial charge is 0.508 e. The number of rotatable bonds is 4. The van der Waals surface area contributed by atoms with Crippen LogP contribution in [0.1, 0.15) is 17.9 Å². The van der Waals surface area contributed by atoms with Crippen molar-refractivity contribution in [3.05, 3.63) is 29.8 Å². The van der Waals surface area contributed by atoms with Crippen molar-refractivity contribution in [2.75, 3.05) is 18.6 Å². The predicted octanol–water partition coefficient (Wildman–Crippen LogP) is 2.07. The number of amides is 1. The summed E-state index contributed by atoms with van der Waals surface area (Å²) in [4.78, 5) is 26.2. The minimum absolute atomic E-state index is 0.113. The van der Waals surface area contributed by atoms with Gasteiger partial charge >= 0.3 is 5.97 Å². The summed E-state index contributed by atoms with van der Waals surface area (Å²) in [6.45, 7) is 1.77. The summed E-state index contributed by atoms with van der Waals surface area (Å²) in [6, 6.07) is 6.21. The summed E-state index contributed by atoms with van der Waals surface area (Å²) in [5.74, 6) is 0.0242. The fourth-order valence-corrected chi connectivity index (χ4v) is 3.97. The molecule has 1 aliphatic heterocycles. The molecule has 5 nitrogen and oxygen atoms in total. The first kappa shape index (κ1) is 17.0. The van der Waals surface area contributed by atoms with E-state index >= 15 is 0 Å². The van der Waals surface area contributed by atoms with E-state index in [2.05, 4.69) is 12.6 Å². The number of thioether (sulfide) groups is 1. The Balaban J connectivity index is 2.39. The van der Waals surface area contributed by atoms with Gasteiger partial charge in [-0.3, -0.25) is 4.79 Å². The molecule has 120 valence electrons. The smallest absolute Gasteiger partial charge is 0.329 e. The molecule has 22 heavy (non-hydrogen) atoms. The zero-order valence-corrected chi connectivity index (χ0v) is 14.1. The second kappa shape index (κ2) is 7.28. The molecule has 3 atom stereocenters. The van der Waals surface area contributed by atoms with Crippen molar-refractivity contribution < 1.29 is 19.4 Å². The van der Waals surface area contributed by atoms with Gasteiger partial charge in [-0.15, -0.1) is 11.8 Å². The molecule has 2 rings (SSSR count). The molecule has 1 N–H and O–H groups in total. The van der Waals surface area contributed by atoms with Crippen LogP contribution in [0.2, 0.25) is 0 Å². The summed E-state index contributed by atoms with van der Waals surface area (Å²) in [5.41, 5.74) is 0.624. The van der Waals surface area contributed by atoms with Crippen LogP contribution in [0.4, 0.5) is 0 Å². The Morgan fingerprint density at radius 3 is 2.77 bits per heavy atom. The van der Waals surface area contributed by atoms with Gasteiger partial charge in [0.1, 0.15) is 17.2 Å². The molecular formula is C15H19NO4S2. The lowest BCUT2D eigenvalue weighted by atomic mass is 10.1. The van der Waals surface area contributed by atoms with E-state index in [-0.39, 0.29) is 17.6 Å². The van der Waals surface area contributed by atoms with Crippen LogP contribution in [0.5, 0.6) is 5.75 Å². The van der Waals surface area contributed by atoms with Crippen molar-refractivity contribution in [1.82, 2.24) is 4.90 Å². The number of thiol groups is 1. The summed E-state index contributed by atoms with van der Waals surface area (Å²) in [6.07, 6.45) is 0. The van der Waals surface area contributed by atoms with Crippen molar-refractivity contribution in [2.24, 2.45) is 5.92 Å². The number of carbonyl (C=O) groups excluding carboxylic acids is 2. The molecule has 3 unspecified atom stereocenters. The van der Waals surface area contributed by atoms with Crippen molar-refractivity contribution >= 4 is 36.3 Å². The van der Waals surface area contributed by atoms with Crippen molar-refractivity contribution in [3.63, 3.8) is 0 Å². The highest BCUT2D eigenvalue weighted by molar-refractivity contribution is 7.99. The maximum absolute atomic E-state index is 12.7. The molecule has 0 radical (unpaired) electrons. The highest BCUT2D eigenvalue weighted by atomic mass is 32.2. The van der Waals surface area contributed by atoms with E-state index in [9.17, 15) is 14.7 Å². The first-order valence-electron chi connectivity index (χ1n) is 6.91. The minimum atomic E-state index is -0.644. The monoisotopic (exact) mass is 341 g/mol. The Bertz CT molecular complexity index is 566. The Morgan fingerprint density at radius 1 is 1.50 bits per heavy atom. The van der Waals surface area contributed by atoms with Crippen molar-refractivity contribution in [3.8, 4) is 5.75 Å². The number of hydrogen-bond acceptors (Lipinski definition) is 6. The Morgan fingerprint density at radius 2 is 2.18 bits per heavy atom. The van der Waals surface area contributed by atoms with Gasteiger partial charge in [0, 0.05) is 23.0 Å². The van der Waals surface area contributed by atoms with Crippen molar-refractivity contribution in [2.45, 2.75) is 18.3 Å². The number of benzene rings is 1. The average Bonchev–Trinajstić information content (AvgIpc) is 2.97. The minimum Gasteiger partial charge on any atom is -0.508 e. The second-order valence-electron chi connectivity index (χ2n) is 5.11. The summed E-state index contributed by atoms with van der Waals surface area (Å²) in [7, 11) is 1.31. The molecule has 1 saturated heterocycles. The third-order valence-corrected chi connectivity index (χ3v) is 5.48. The first-order valence-corrected chi connectivity index (χ1v) is 8.59. The number of hydrogen-bond donors (Lipinski definition) is 2. The van der Waals surface area contributed by atoms with Gasteiger partial charge in [0.25, 0.3) is 0 Å². The number of esters is 1. The molecular weight excluding hydrogens is 322 g/mol. The van der Waals surface area contributed by atoms with Gasteiger partial charge < -0.3 is 14.7 Å². The Kier molecular flexibility index (Phi) is 5.63. The number of aromatic hydroxyl groups is 1. The molecule has 1 fully saturated rings. The fraction of sp³-hybridized carbons (Fsp3) is 0.467. The van der Waals surface area contributed by atoms with Gasteiger partial charge in [-0.1, -0.05) is 25.1 Å². The summed E-state index contributed by atoms with van der Waals surface area (Å²) in [5, 5.41) is 9.66. The van der Waals surface area contributed by atoms with Gasteiger partial charge in [-0.25, -0.2) is 4.79 Å². The van der Waals surface area contributed by atoms with Crippen molar-refractivity contribution in [1.29, 1.82) is 0 Å². The molecule has 0 aromatic heterocycles. The molecule has 0 aliphatic carbocycles. The zero-order valence-electron chi connectivity index (χ0n) is 12.4. The van der Waals surface area contributed by atoms with Crippen LogP contribution in [0.15, 0.2) is 24.3 Å². The quantitative estimate of drug-likeness (QED) is 0.648. The molecule has 1 aromatic rings. The maximum Gasteiger partial charge on any atom is 0.329 e. The number of phenolic OH excluding ortho intramolecular Hbond substituents is 1. The highest BCUT2D eigenvalue weighted by Crippen LogP contribution is 2.45. The third-order valence-electron chi connectivity index (χ3n) is 3.63. The highest BCUT2D eigenvalue weighted by Gasteiger charge is 2.44. The molecule has 1 aliphatic rings. The van der Waals surface area contributed by atoms with Crippen LogP contribution >= 0.6 is 24.4 Å². The molecule has 1 aromatic carbocycles. The van der Waals surface area contributed by atoms with Crippen LogP contribution < -0.4 is 0 Å². The average molecular weight is 341 g/mol. The molecule has 0 spiro atoms. The van der Waals surface area contributed by atoms with Gasteiger partial charge in [0.05, 0.1) is 7.11 Å². The Hall–Kier alpha value is -1.34. The molecule has 0 saturated carbocycles. The third kappa shape index (κ3) is 3.20. The van der Waals surface area contributed by atoms with Gasteiger partial charge in [-0.2, -0.15) is 12.6 Å². The van der Waals surface area contributed by atoms with E-state index in [4.69, 9.17) is 4.74 Å². The molecule has 1 heterocycles. The fourth-order valence-electron chi connectivity index (χ4n) is 2.36. The van der Waals surface area contributed by atoms with E-state index in [1.165, 1.54) is 23.8 Å². The van der Waals surface area contributed by atoms with E-state index < -0.39 is 17.4 Å². The van der Waals surface area contributed by atoms with Crippen LogP contribution in [-0.4, -0.2) is 46.5 Å². The van der Waals surface area contributed by atoms with Gasteiger partial charge in [0.15, 0.2) is 0 Å². The normalized spacial score (nSPS) is 22.4. The van der Waals surface area contributed by atoms with Crippen LogP contribution in [-0.2, 0) is 14.3 Å². The van der Waals surface area contributed by atoms with Gasteiger partial charge in [-0.05, 0) is 6.07 Å². The molecule has 0 bridgehead atoms. The maximum atomic E-state index is 12.7. The van der Waals surface area contributed by atoms with E-state index in [1.807, 2.05) is 0 Å². The lowest BCUT2D eigenvalue weighted by molar-refractivity contribution is -0.152. The standard InChI is InChI=1S/C15H19NO4S2/c1-9(7-21)13(18)16-11(15(19)20-2)8-22-14(16)10-5-3-4-6-12(10)17/h3-6,9,11,14,17,21H,7-8H2,1-2H3. The number of nitrogens with zero attached hydrogens (tertiary/aromatic N) is 1. The summed E-state index contributed by atoms with van der Waals surface area (Å²) < 4.78 is 4.81. The lowest BCUT2D eigenvalue weighted by Crippen LogP contribution is -2.46. The number of methoxy groups -OCH3 is 1. The number of para-hydroxylation sites is 1. The summed E-state index contributed by atoms with van der Waals surface area (Å²) >= 11 is 5.61.